The van der Waals surface area contributed by atoms with Gasteiger partial charge in [-0.3, -0.25) is 4.79 Å². The number of rotatable bonds is 9. The van der Waals surface area contributed by atoms with Crippen molar-refractivity contribution in [3.8, 4) is 11.5 Å². The number of guanidine groups is 1. The summed E-state index contributed by atoms with van der Waals surface area (Å²) >= 11 is 0. The van der Waals surface area contributed by atoms with Crippen molar-refractivity contribution in [3.05, 3.63) is 24.3 Å². The molecule has 1 atom stereocenters. The maximum Gasteiger partial charge on any atom is 0.243 e. The number of halogens is 1. The molecule has 1 heterocycles. The molecule has 1 N–H and O–H groups in total. The summed E-state index contributed by atoms with van der Waals surface area (Å²) in [6.07, 6.45) is 1.04. The molecule has 1 fully saturated rings. The van der Waals surface area contributed by atoms with Crippen LogP contribution in [0.25, 0.3) is 0 Å². The van der Waals surface area contributed by atoms with Crippen LogP contribution in [-0.2, 0) is 9.53 Å². The molecule has 1 aliphatic rings. The molecule has 1 aromatic carbocycles. The van der Waals surface area contributed by atoms with Crippen LogP contribution < -0.4 is 14.8 Å². The maximum atomic E-state index is 11.9. The summed E-state index contributed by atoms with van der Waals surface area (Å²) in [5.41, 5.74) is 0. The lowest BCUT2D eigenvalue weighted by atomic mass is 10.1. The van der Waals surface area contributed by atoms with Crippen LogP contribution in [-0.4, -0.2) is 89.4 Å². The molecule has 0 aliphatic carbocycles. The highest BCUT2D eigenvalue weighted by molar-refractivity contribution is 14.0. The molecule has 1 aromatic rings. The van der Waals surface area contributed by atoms with Crippen LogP contribution in [0.15, 0.2) is 29.3 Å². The number of carbonyl (C=O) groups excluding carboxylic acids is 1. The predicted molar refractivity (Wildman–Crippen MR) is 124 cm³/mol. The highest BCUT2D eigenvalue weighted by Gasteiger charge is 2.17. The van der Waals surface area contributed by atoms with Crippen LogP contribution in [0, 0.1) is 5.92 Å². The Morgan fingerprint density at radius 2 is 1.93 bits per heavy atom. The van der Waals surface area contributed by atoms with Crippen molar-refractivity contribution in [3.63, 3.8) is 0 Å². The second-order valence-corrected chi connectivity index (χ2v) is 6.98. The van der Waals surface area contributed by atoms with Crippen molar-refractivity contribution in [2.75, 3.05) is 67.7 Å². The normalized spacial score (nSPS) is 16.0. The maximum absolute atomic E-state index is 11.9. The number of carbonyl (C=O) groups is 1. The summed E-state index contributed by atoms with van der Waals surface area (Å²) in [6, 6.07) is 7.48. The average molecular weight is 520 g/mol. The molecule has 0 bridgehead atoms. The van der Waals surface area contributed by atoms with Gasteiger partial charge >= 0.3 is 0 Å². The topological polar surface area (TPSA) is 75.6 Å². The molecule has 0 aromatic heterocycles. The van der Waals surface area contributed by atoms with E-state index in [1.807, 2.05) is 36.2 Å². The van der Waals surface area contributed by atoms with E-state index >= 15 is 0 Å². The van der Waals surface area contributed by atoms with E-state index in [4.69, 9.17) is 14.2 Å². The van der Waals surface area contributed by atoms with Crippen molar-refractivity contribution in [1.82, 2.24) is 15.1 Å². The largest absolute Gasteiger partial charge is 0.497 e. The van der Waals surface area contributed by atoms with Crippen LogP contribution in [0.4, 0.5) is 0 Å². The molecule has 164 valence electrons. The lowest BCUT2D eigenvalue weighted by Crippen LogP contribution is -2.43. The smallest absolute Gasteiger partial charge is 0.243 e. The van der Waals surface area contributed by atoms with Gasteiger partial charge in [-0.15, -0.1) is 24.0 Å². The number of aliphatic imine (C=N–C) groups is 1. The lowest BCUT2D eigenvalue weighted by Gasteiger charge is -2.24. The van der Waals surface area contributed by atoms with E-state index in [1.165, 1.54) is 0 Å². The zero-order valence-electron chi connectivity index (χ0n) is 17.7. The van der Waals surface area contributed by atoms with E-state index in [-0.39, 0.29) is 36.4 Å². The van der Waals surface area contributed by atoms with Crippen molar-refractivity contribution < 1.29 is 19.0 Å². The van der Waals surface area contributed by atoms with Gasteiger partial charge in [0.2, 0.25) is 5.91 Å². The Morgan fingerprint density at radius 1 is 1.24 bits per heavy atom. The molecule has 0 saturated carbocycles. The van der Waals surface area contributed by atoms with E-state index in [2.05, 4.69) is 10.3 Å². The standard InChI is InChI=1S/C20H32N4O4.HI/c1-23(2)19(25)14-22-20(21-13-16-9-11-27-15-16)24(3)10-12-28-18-7-5-17(26-4)6-8-18;/h5-8,16H,9-15H2,1-4H3,(H,21,22);1H. The Morgan fingerprint density at radius 3 is 2.52 bits per heavy atom. The first kappa shape index (κ1) is 25.3. The van der Waals surface area contributed by atoms with Crippen LogP contribution in [0.2, 0.25) is 0 Å². The summed E-state index contributed by atoms with van der Waals surface area (Å²) in [5, 5.41) is 3.37. The molecule has 29 heavy (non-hydrogen) atoms. The van der Waals surface area contributed by atoms with Gasteiger partial charge in [0.15, 0.2) is 5.96 Å². The van der Waals surface area contributed by atoms with Gasteiger partial charge in [0.05, 0.1) is 20.3 Å². The molecule has 0 spiro atoms. The summed E-state index contributed by atoms with van der Waals surface area (Å²) in [6.45, 7) is 3.59. The number of hydrogen-bond acceptors (Lipinski definition) is 5. The Balaban J connectivity index is 0.00000420. The van der Waals surface area contributed by atoms with Crippen molar-refractivity contribution in [2.24, 2.45) is 10.9 Å². The third-order valence-corrected chi connectivity index (χ3v) is 4.55. The van der Waals surface area contributed by atoms with Crippen LogP contribution in [0.3, 0.4) is 0 Å². The number of likely N-dealkylation sites (N-methyl/N-ethyl adjacent to an activating group) is 2. The Bertz CT molecular complexity index is 634. The van der Waals surface area contributed by atoms with Gasteiger partial charge in [-0.1, -0.05) is 0 Å². The van der Waals surface area contributed by atoms with Gasteiger partial charge in [-0.05, 0) is 30.7 Å². The van der Waals surface area contributed by atoms with Crippen molar-refractivity contribution >= 4 is 35.8 Å². The monoisotopic (exact) mass is 520 g/mol. The zero-order valence-corrected chi connectivity index (χ0v) is 20.0. The van der Waals surface area contributed by atoms with Crippen molar-refractivity contribution in [2.45, 2.75) is 6.42 Å². The average Bonchev–Trinajstić information content (AvgIpc) is 3.21. The molecule has 8 nitrogen and oxygen atoms in total. The van der Waals surface area contributed by atoms with Crippen LogP contribution in [0.5, 0.6) is 11.5 Å². The Labute approximate surface area is 190 Å². The van der Waals surface area contributed by atoms with Gasteiger partial charge in [0.1, 0.15) is 24.7 Å². The highest BCUT2D eigenvalue weighted by Crippen LogP contribution is 2.16. The summed E-state index contributed by atoms with van der Waals surface area (Å²) in [4.78, 5) is 19.9. The lowest BCUT2D eigenvalue weighted by molar-refractivity contribution is -0.127. The van der Waals surface area contributed by atoms with E-state index < -0.39 is 0 Å². The number of hydrogen-bond donors (Lipinski definition) is 1. The number of nitrogens with zero attached hydrogens (tertiary/aromatic N) is 3. The molecule has 1 saturated heterocycles. The van der Waals surface area contributed by atoms with Gasteiger partial charge in [0.25, 0.3) is 0 Å². The highest BCUT2D eigenvalue weighted by atomic mass is 127. The summed E-state index contributed by atoms with van der Waals surface area (Å²) in [5.74, 6) is 2.71. The molecular formula is C20H33IN4O4. The molecule has 0 radical (unpaired) electrons. The number of ether oxygens (including phenoxy) is 3. The zero-order chi connectivity index (χ0) is 20.4. The molecule has 1 aliphatic heterocycles. The van der Waals surface area contributed by atoms with E-state index in [1.54, 1.807) is 26.1 Å². The quantitative estimate of drug-likeness (QED) is 0.304. The molecular weight excluding hydrogens is 487 g/mol. The predicted octanol–water partition coefficient (Wildman–Crippen LogP) is 1.69. The number of amides is 1. The van der Waals surface area contributed by atoms with Gasteiger partial charge < -0.3 is 29.3 Å². The minimum atomic E-state index is -0.0358. The minimum Gasteiger partial charge on any atom is -0.497 e. The molecule has 1 unspecified atom stereocenters. The second-order valence-electron chi connectivity index (χ2n) is 6.98. The second kappa shape index (κ2) is 13.5. The van der Waals surface area contributed by atoms with Gasteiger partial charge in [0, 0.05) is 40.2 Å². The van der Waals surface area contributed by atoms with E-state index in [0.29, 0.717) is 25.0 Å². The van der Waals surface area contributed by atoms with E-state index in [0.717, 1.165) is 37.7 Å². The summed E-state index contributed by atoms with van der Waals surface area (Å²) in [7, 11) is 7.03. The van der Waals surface area contributed by atoms with Gasteiger partial charge in [-0.25, -0.2) is 4.99 Å². The van der Waals surface area contributed by atoms with Crippen molar-refractivity contribution in [1.29, 1.82) is 0 Å². The molecule has 1 amide bonds. The first-order chi connectivity index (χ1) is 13.5. The van der Waals surface area contributed by atoms with E-state index in [9.17, 15) is 4.79 Å². The van der Waals surface area contributed by atoms with Crippen LogP contribution in [0.1, 0.15) is 6.42 Å². The number of benzene rings is 1. The Hall–Kier alpha value is -1.75. The molecule has 2 rings (SSSR count). The van der Waals surface area contributed by atoms with Crippen LogP contribution >= 0.6 is 24.0 Å². The SMILES string of the molecule is COc1ccc(OCCN(C)C(=NCC(=O)N(C)C)NCC2CCOC2)cc1.I. The number of nitrogens with one attached hydrogen (secondary N) is 1. The number of methoxy groups -OCH3 is 1. The third-order valence-electron chi connectivity index (χ3n) is 4.55. The fourth-order valence-corrected chi connectivity index (χ4v) is 2.65. The fraction of sp³-hybridized carbons (Fsp3) is 0.600. The molecule has 9 heteroatoms. The first-order valence-corrected chi connectivity index (χ1v) is 9.53. The summed E-state index contributed by atoms with van der Waals surface area (Å²) < 4.78 is 16.4. The minimum absolute atomic E-state index is 0. The Kier molecular flexibility index (Phi) is 11.7. The first-order valence-electron chi connectivity index (χ1n) is 9.53. The fourth-order valence-electron chi connectivity index (χ4n) is 2.65. The van der Waals surface area contributed by atoms with Gasteiger partial charge in [-0.2, -0.15) is 0 Å². The third kappa shape index (κ3) is 9.07.